The fourth-order valence-corrected chi connectivity index (χ4v) is 2.23. The summed E-state index contributed by atoms with van der Waals surface area (Å²) in [5.74, 6) is -0.139. The molecule has 22 heavy (non-hydrogen) atoms. The molecule has 1 heterocycles. The molecule has 0 bridgehead atoms. The molecular formula is C14H17N5O3. The largest absolute Gasteiger partial charge is 0.445 e. The molecule has 1 amide bonds. The number of ether oxygens (including phenoxy) is 1. The average Bonchev–Trinajstić information content (AvgIpc) is 2.95. The minimum absolute atomic E-state index is 0.139. The number of benzene rings is 1. The van der Waals surface area contributed by atoms with Gasteiger partial charge in [0.2, 0.25) is 0 Å². The molecule has 1 aromatic rings. The molecule has 116 valence electrons. The Balaban J connectivity index is 1.93. The Bertz CT molecular complexity index is 583. The van der Waals surface area contributed by atoms with Gasteiger partial charge in [-0.2, -0.15) is 0 Å². The first-order valence-electron chi connectivity index (χ1n) is 6.81. The topological polar surface area (TPSA) is 99.9 Å². The molecule has 1 saturated heterocycles. The maximum atomic E-state index is 12.1. The van der Waals surface area contributed by atoms with E-state index in [0.29, 0.717) is 18.8 Å². The summed E-state index contributed by atoms with van der Waals surface area (Å²) < 4.78 is 5.28. The summed E-state index contributed by atoms with van der Waals surface area (Å²) in [4.78, 5) is 21.1. The van der Waals surface area contributed by atoms with E-state index in [9.17, 15) is 4.79 Å². The fraction of sp³-hybridized carbons (Fsp3) is 0.429. The second-order valence-electron chi connectivity index (χ2n) is 4.80. The Labute approximate surface area is 127 Å². The van der Waals surface area contributed by atoms with Gasteiger partial charge in [0.25, 0.3) is 0 Å². The molecule has 1 atom stereocenters. The normalized spacial score (nSPS) is 18.9. The van der Waals surface area contributed by atoms with Crippen LogP contribution in [0.2, 0.25) is 0 Å². The van der Waals surface area contributed by atoms with Crippen LogP contribution in [0.5, 0.6) is 0 Å². The van der Waals surface area contributed by atoms with Crippen LogP contribution in [0.15, 0.2) is 40.6 Å². The highest BCUT2D eigenvalue weighted by atomic mass is 16.6. The Kier molecular flexibility index (Phi) is 5.62. The van der Waals surface area contributed by atoms with E-state index in [0.717, 1.165) is 5.56 Å². The monoisotopic (exact) mass is 303 g/mol. The quantitative estimate of drug-likeness (QED) is 0.361. The number of oxime groups is 1. The van der Waals surface area contributed by atoms with Gasteiger partial charge in [0.15, 0.2) is 0 Å². The number of nitrogens with zero attached hydrogens (tertiary/aromatic N) is 5. The summed E-state index contributed by atoms with van der Waals surface area (Å²) in [5, 5.41) is 7.43. The van der Waals surface area contributed by atoms with Crippen molar-refractivity contribution in [2.45, 2.75) is 6.61 Å². The maximum Gasteiger partial charge on any atom is 0.410 e. The lowest BCUT2D eigenvalue weighted by atomic mass is 10.1. The molecule has 1 fully saturated rings. The minimum atomic E-state index is -0.420. The lowest BCUT2D eigenvalue weighted by Gasteiger charge is -2.15. The Morgan fingerprint density at radius 3 is 2.91 bits per heavy atom. The third kappa shape index (κ3) is 4.13. The first-order chi connectivity index (χ1) is 10.7. The number of amides is 1. The van der Waals surface area contributed by atoms with Crippen LogP contribution in [0.1, 0.15) is 5.56 Å². The highest BCUT2D eigenvalue weighted by Gasteiger charge is 2.33. The van der Waals surface area contributed by atoms with Crippen molar-refractivity contribution in [3.8, 4) is 0 Å². The van der Waals surface area contributed by atoms with Gasteiger partial charge < -0.3 is 14.5 Å². The molecule has 1 aliphatic heterocycles. The van der Waals surface area contributed by atoms with Gasteiger partial charge in [-0.15, -0.1) is 0 Å². The summed E-state index contributed by atoms with van der Waals surface area (Å²) in [6.07, 6.45) is -0.420. The summed E-state index contributed by atoms with van der Waals surface area (Å²) >= 11 is 0. The molecule has 2 rings (SSSR count). The molecule has 1 aromatic carbocycles. The zero-order valence-electron chi connectivity index (χ0n) is 12.3. The summed E-state index contributed by atoms with van der Waals surface area (Å²) in [6, 6.07) is 9.45. The Morgan fingerprint density at radius 2 is 2.23 bits per heavy atom. The van der Waals surface area contributed by atoms with Crippen LogP contribution in [-0.2, 0) is 16.2 Å². The van der Waals surface area contributed by atoms with Gasteiger partial charge in [-0.3, -0.25) is 0 Å². The highest BCUT2D eigenvalue weighted by Crippen LogP contribution is 2.17. The van der Waals surface area contributed by atoms with Crippen molar-refractivity contribution in [1.29, 1.82) is 0 Å². The van der Waals surface area contributed by atoms with Crippen molar-refractivity contribution < 1.29 is 14.4 Å². The molecule has 0 aliphatic carbocycles. The van der Waals surface area contributed by atoms with Gasteiger partial charge in [-0.05, 0) is 11.1 Å². The van der Waals surface area contributed by atoms with Crippen molar-refractivity contribution in [3.63, 3.8) is 0 Å². The van der Waals surface area contributed by atoms with E-state index in [1.807, 2.05) is 30.3 Å². The first-order valence-corrected chi connectivity index (χ1v) is 6.81. The van der Waals surface area contributed by atoms with Gasteiger partial charge in [0.05, 0.1) is 12.3 Å². The Morgan fingerprint density at radius 1 is 1.45 bits per heavy atom. The predicted octanol–water partition coefficient (Wildman–Crippen LogP) is 2.57. The number of hydrogen-bond acceptors (Lipinski definition) is 5. The van der Waals surface area contributed by atoms with Crippen LogP contribution in [0.4, 0.5) is 4.79 Å². The molecule has 1 aliphatic rings. The van der Waals surface area contributed by atoms with Crippen LogP contribution in [0, 0.1) is 5.92 Å². The smallest absolute Gasteiger partial charge is 0.410 e. The number of likely N-dealkylation sites (tertiary alicyclic amines) is 1. The lowest BCUT2D eigenvalue weighted by molar-refractivity contribution is 0.104. The Hall–Kier alpha value is -2.73. The molecule has 0 saturated carbocycles. The fourth-order valence-electron chi connectivity index (χ4n) is 2.23. The van der Waals surface area contributed by atoms with Gasteiger partial charge >= 0.3 is 6.09 Å². The van der Waals surface area contributed by atoms with Gasteiger partial charge in [-0.1, -0.05) is 40.6 Å². The zero-order chi connectivity index (χ0) is 15.8. The van der Waals surface area contributed by atoms with E-state index >= 15 is 0 Å². The van der Waals surface area contributed by atoms with Crippen LogP contribution >= 0.6 is 0 Å². The van der Waals surface area contributed by atoms with Crippen LogP contribution < -0.4 is 0 Å². The second-order valence-corrected chi connectivity index (χ2v) is 4.80. The van der Waals surface area contributed by atoms with Gasteiger partial charge in [0.1, 0.15) is 13.7 Å². The molecule has 0 spiro atoms. The maximum absolute atomic E-state index is 12.1. The van der Waals surface area contributed by atoms with Gasteiger partial charge in [0, 0.05) is 23.9 Å². The highest BCUT2D eigenvalue weighted by molar-refractivity contribution is 5.93. The van der Waals surface area contributed by atoms with Crippen molar-refractivity contribution in [3.05, 3.63) is 46.3 Å². The number of rotatable bonds is 5. The van der Waals surface area contributed by atoms with Crippen molar-refractivity contribution in [1.82, 2.24) is 4.90 Å². The number of hydrogen-bond donors (Lipinski definition) is 0. The van der Waals surface area contributed by atoms with Crippen LogP contribution in [-0.4, -0.2) is 43.4 Å². The molecule has 8 nitrogen and oxygen atoms in total. The summed E-state index contributed by atoms with van der Waals surface area (Å²) in [7, 11) is 1.44. The standard InChI is InChI=1S/C14H17N5O3/c1-21-17-13-9-19(8-12(13)7-16-18-15)14(20)22-10-11-5-3-2-4-6-11/h2-6,12H,7-10H2,1H3/b17-13+. The van der Waals surface area contributed by atoms with Crippen molar-refractivity contribution >= 4 is 11.8 Å². The summed E-state index contributed by atoms with van der Waals surface area (Å²) in [6.45, 7) is 1.16. The molecule has 0 N–H and O–H groups in total. The third-order valence-corrected chi connectivity index (χ3v) is 3.30. The van der Waals surface area contributed by atoms with Crippen molar-refractivity contribution in [2.24, 2.45) is 16.2 Å². The van der Waals surface area contributed by atoms with Crippen LogP contribution in [0.3, 0.4) is 0 Å². The first kappa shape index (κ1) is 15.7. The molecule has 1 unspecified atom stereocenters. The van der Waals surface area contributed by atoms with E-state index < -0.39 is 6.09 Å². The number of azide groups is 1. The third-order valence-electron chi connectivity index (χ3n) is 3.30. The van der Waals surface area contributed by atoms with E-state index in [1.54, 1.807) is 0 Å². The zero-order valence-corrected chi connectivity index (χ0v) is 12.3. The van der Waals surface area contributed by atoms with E-state index in [2.05, 4.69) is 15.2 Å². The number of carbonyl (C=O) groups is 1. The molecular weight excluding hydrogens is 286 g/mol. The lowest BCUT2D eigenvalue weighted by Crippen LogP contribution is -2.29. The van der Waals surface area contributed by atoms with E-state index in [4.69, 9.17) is 15.1 Å². The van der Waals surface area contributed by atoms with Crippen molar-refractivity contribution in [2.75, 3.05) is 26.7 Å². The predicted molar refractivity (Wildman–Crippen MR) is 80.1 cm³/mol. The average molecular weight is 303 g/mol. The molecule has 8 heteroatoms. The second kappa shape index (κ2) is 7.90. The van der Waals surface area contributed by atoms with Gasteiger partial charge in [-0.25, -0.2) is 4.79 Å². The molecule has 0 radical (unpaired) electrons. The molecule has 0 aromatic heterocycles. The SMILES string of the molecule is CO/N=C1\CN(C(=O)OCc2ccccc2)CC1CN=[N+]=[N-]. The summed E-state index contributed by atoms with van der Waals surface area (Å²) in [5.41, 5.74) is 10.0. The minimum Gasteiger partial charge on any atom is -0.445 e. The number of carbonyl (C=O) groups excluding carboxylic acids is 1. The van der Waals surface area contributed by atoms with Crippen LogP contribution in [0.25, 0.3) is 10.4 Å². The van der Waals surface area contributed by atoms with E-state index in [1.165, 1.54) is 12.0 Å². The van der Waals surface area contributed by atoms with E-state index in [-0.39, 0.29) is 19.1 Å².